The van der Waals surface area contributed by atoms with Crippen LogP contribution in [-0.4, -0.2) is 32.8 Å². The minimum atomic E-state index is -2.93. The maximum Gasteiger partial charge on any atom is 0.147 e. The highest BCUT2D eigenvalue weighted by atomic mass is 32.2. The lowest BCUT2D eigenvalue weighted by Crippen LogP contribution is -2.14. The monoisotopic (exact) mass is 235 g/mol. The van der Waals surface area contributed by atoms with E-state index in [-0.39, 0.29) is 17.5 Å². The summed E-state index contributed by atoms with van der Waals surface area (Å²) in [6, 6.07) is 0. The van der Waals surface area contributed by atoms with E-state index in [1.54, 1.807) is 0 Å². The van der Waals surface area contributed by atoms with E-state index < -0.39 is 9.84 Å². The average molecular weight is 235 g/mol. The fourth-order valence-corrected chi connectivity index (χ4v) is 2.01. The van der Waals surface area contributed by atoms with Gasteiger partial charge in [0, 0.05) is 18.6 Å². The smallest absolute Gasteiger partial charge is 0.147 e. The molecular weight excluding hydrogens is 214 g/mol. The van der Waals surface area contributed by atoms with Crippen molar-refractivity contribution in [3.63, 3.8) is 0 Å². The molecule has 4 nitrogen and oxygen atoms in total. The molecule has 0 heterocycles. The van der Waals surface area contributed by atoms with E-state index >= 15 is 0 Å². The standard InChI is InChI=1S/C10H21NO3S/c1-9(5-3-7-11)10(12)6-4-8-15(2,13)14/h9H,3-8,11H2,1-2H3. The van der Waals surface area contributed by atoms with Gasteiger partial charge in [0.1, 0.15) is 15.6 Å². The fourth-order valence-electron chi connectivity index (χ4n) is 1.34. The molecule has 0 radical (unpaired) electrons. The Hall–Kier alpha value is -0.420. The van der Waals surface area contributed by atoms with Crippen LogP contribution in [0, 0.1) is 5.92 Å². The van der Waals surface area contributed by atoms with Crippen molar-refractivity contribution in [1.82, 2.24) is 0 Å². The van der Waals surface area contributed by atoms with E-state index in [4.69, 9.17) is 5.73 Å². The van der Waals surface area contributed by atoms with Gasteiger partial charge in [-0.1, -0.05) is 6.92 Å². The Bertz CT molecular complexity index is 285. The van der Waals surface area contributed by atoms with Crippen LogP contribution in [-0.2, 0) is 14.6 Å². The molecule has 0 aliphatic carbocycles. The van der Waals surface area contributed by atoms with Crippen LogP contribution in [0.15, 0.2) is 0 Å². The number of Topliss-reactive ketones (excluding diaryl/α,β-unsaturated/α-hetero) is 1. The Morgan fingerprint density at radius 3 is 2.40 bits per heavy atom. The Kier molecular flexibility index (Phi) is 6.76. The molecule has 0 spiro atoms. The molecule has 0 amide bonds. The van der Waals surface area contributed by atoms with Gasteiger partial charge >= 0.3 is 0 Å². The number of hydrogen-bond donors (Lipinski definition) is 1. The Morgan fingerprint density at radius 2 is 1.93 bits per heavy atom. The predicted molar refractivity (Wildman–Crippen MR) is 61.4 cm³/mol. The van der Waals surface area contributed by atoms with Crippen molar-refractivity contribution < 1.29 is 13.2 Å². The number of nitrogens with two attached hydrogens (primary N) is 1. The third kappa shape index (κ3) is 8.57. The van der Waals surface area contributed by atoms with Gasteiger partial charge < -0.3 is 5.73 Å². The summed E-state index contributed by atoms with van der Waals surface area (Å²) >= 11 is 0. The molecule has 0 saturated carbocycles. The first-order chi connectivity index (χ1) is 6.87. The number of rotatable bonds is 8. The SMILES string of the molecule is CC(CCCN)C(=O)CCCS(C)(=O)=O. The zero-order chi connectivity index (χ0) is 11.9. The van der Waals surface area contributed by atoms with Crippen molar-refractivity contribution in [3.05, 3.63) is 0 Å². The molecule has 15 heavy (non-hydrogen) atoms. The largest absolute Gasteiger partial charge is 0.330 e. The van der Waals surface area contributed by atoms with E-state index in [1.807, 2.05) is 6.92 Å². The number of sulfone groups is 1. The highest BCUT2D eigenvalue weighted by Crippen LogP contribution is 2.10. The highest BCUT2D eigenvalue weighted by Gasteiger charge is 2.12. The summed E-state index contributed by atoms with van der Waals surface area (Å²) in [4.78, 5) is 11.5. The molecule has 0 saturated heterocycles. The van der Waals surface area contributed by atoms with E-state index in [1.165, 1.54) is 6.26 Å². The Labute approximate surface area is 92.2 Å². The van der Waals surface area contributed by atoms with Gasteiger partial charge in [0.25, 0.3) is 0 Å². The van der Waals surface area contributed by atoms with Crippen LogP contribution in [0.2, 0.25) is 0 Å². The Balaban J connectivity index is 3.74. The summed E-state index contributed by atoms with van der Waals surface area (Å²) in [6.45, 7) is 2.47. The fraction of sp³-hybridized carbons (Fsp3) is 0.900. The van der Waals surface area contributed by atoms with Crippen molar-refractivity contribution in [3.8, 4) is 0 Å². The zero-order valence-corrected chi connectivity index (χ0v) is 10.3. The highest BCUT2D eigenvalue weighted by molar-refractivity contribution is 7.90. The molecule has 0 aliphatic heterocycles. The number of carbonyl (C=O) groups is 1. The van der Waals surface area contributed by atoms with Gasteiger partial charge in [-0.05, 0) is 25.8 Å². The topological polar surface area (TPSA) is 77.2 Å². The number of hydrogen-bond acceptors (Lipinski definition) is 4. The maximum absolute atomic E-state index is 11.5. The molecule has 0 rings (SSSR count). The molecule has 0 aromatic carbocycles. The minimum Gasteiger partial charge on any atom is -0.330 e. The second-order valence-corrected chi connectivity index (χ2v) is 6.29. The molecule has 5 heteroatoms. The summed E-state index contributed by atoms with van der Waals surface area (Å²) in [5.74, 6) is 0.253. The van der Waals surface area contributed by atoms with E-state index in [2.05, 4.69) is 0 Å². The molecule has 0 aromatic heterocycles. The Morgan fingerprint density at radius 1 is 1.33 bits per heavy atom. The first-order valence-corrected chi connectivity index (χ1v) is 7.33. The molecule has 2 N–H and O–H groups in total. The molecule has 0 fully saturated rings. The van der Waals surface area contributed by atoms with Crippen molar-refractivity contribution in [2.75, 3.05) is 18.6 Å². The molecular formula is C10H21NO3S. The third-order valence-corrected chi connectivity index (χ3v) is 3.36. The van der Waals surface area contributed by atoms with Gasteiger partial charge in [0.2, 0.25) is 0 Å². The van der Waals surface area contributed by atoms with E-state index in [9.17, 15) is 13.2 Å². The van der Waals surface area contributed by atoms with Crippen molar-refractivity contribution in [1.29, 1.82) is 0 Å². The van der Waals surface area contributed by atoms with Crippen LogP contribution in [0.3, 0.4) is 0 Å². The van der Waals surface area contributed by atoms with Crippen LogP contribution in [0.25, 0.3) is 0 Å². The third-order valence-electron chi connectivity index (χ3n) is 2.33. The number of ketones is 1. The van der Waals surface area contributed by atoms with Crippen LogP contribution in [0.4, 0.5) is 0 Å². The van der Waals surface area contributed by atoms with Crippen LogP contribution in [0.1, 0.15) is 32.6 Å². The van der Waals surface area contributed by atoms with Gasteiger partial charge in [-0.15, -0.1) is 0 Å². The molecule has 0 aromatic rings. The van der Waals surface area contributed by atoms with Gasteiger partial charge in [0.15, 0.2) is 0 Å². The maximum atomic E-state index is 11.5. The first-order valence-electron chi connectivity index (χ1n) is 5.27. The van der Waals surface area contributed by atoms with Crippen molar-refractivity contribution >= 4 is 15.6 Å². The van der Waals surface area contributed by atoms with Crippen LogP contribution >= 0.6 is 0 Å². The second-order valence-electron chi connectivity index (χ2n) is 4.03. The normalized spacial score (nSPS) is 13.8. The van der Waals surface area contributed by atoms with Gasteiger partial charge in [0.05, 0.1) is 5.75 Å². The van der Waals surface area contributed by atoms with E-state index in [0.717, 1.165) is 12.8 Å². The van der Waals surface area contributed by atoms with Crippen LogP contribution in [0.5, 0.6) is 0 Å². The van der Waals surface area contributed by atoms with Crippen molar-refractivity contribution in [2.24, 2.45) is 11.7 Å². The van der Waals surface area contributed by atoms with Crippen LogP contribution < -0.4 is 5.73 Å². The lowest BCUT2D eigenvalue weighted by Gasteiger charge is -2.08. The first kappa shape index (κ1) is 14.6. The summed E-state index contributed by atoms with van der Waals surface area (Å²) in [7, 11) is -2.93. The lowest BCUT2D eigenvalue weighted by molar-refractivity contribution is -0.122. The molecule has 0 aliphatic rings. The molecule has 1 unspecified atom stereocenters. The van der Waals surface area contributed by atoms with E-state index in [0.29, 0.717) is 19.4 Å². The van der Waals surface area contributed by atoms with Gasteiger partial charge in [-0.2, -0.15) is 0 Å². The zero-order valence-electron chi connectivity index (χ0n) is 9.53. The molecule has 1 atom stereocenters. The number of carbonyl (C=O) groups excluding carboxylic acids is 1. The molecule has 90 valence electrons. The summed E-state index contributed by atoms with van der Waals surface area (Å²) in [6.07, 6.45) is 3.63. The van der Waals surface area contributed by atoms with Gasteiger partial charge in [-0.3, -0.25) is 4.79 Å². The minimum absolute atomic E-state index is 0.00751. The second kappa shape index (κ2) is 6.95. The van der Waals surface area contributed by atoms with Crippen molar-refractivity contribution in [2.45, 2.75) is 32.6 Å². The van der Waals surface area contributed by atoms with Gasteiger partial charge in [-0.25, -0.2) is 8.42 Å². The average Bonchev–Trinajstić information content (AvgIpc) is 2.11. The summed E-state index contributed by atoms with van der Waals surface area (Å²) in [5, 5.41) is 0. The summed E-state index contributed by atoms with van der Waals surface area (Å²) < 4.78 is 21.7. The summed E-state index contributed by atoms with van der Waals surface area (Å²) in [5.41, 5.74) is 5.34. The molecule has 0 bridgehead atoms. The lowest BCUT2D eigenvalue weighted by atomic mass is 9.97. The predicted octanol–water partition coefficient (Wildman–Crippen LogP) is 0.755. The quantitative estimate of drug-likeness (QED) is 0.673.